The van der Waals surface area contributed by atoms with Gasteiger partial charge in [-0.1, -0.05) is 27.7 Å². The molecule has 1 aliphatic carbocycles. The molecule has 0 spiro atoms. The van der Waals surface area contributed by atoms with E-state index in [1.54, 1.807) is 20.8 Å². The molecule has 1 atom stereocenters. The molecule has 1 heterocycles. The Balaban J connectivity index is 2.06. The van der Waals surface area contributed by atoms with Gasteiger partial charge in [-0.05, 0) is 38.0 Å². The fourth-order valence-electron chi connectivity index (χ4n) is 3.27. The van der Waals surface area contributed by atoms with Gasteiger partial charge in [0.05, 0.1) is 13.0 Å². The third-order valence-corrected chi connectivity index (χ3v) is 5.40. The van der Waals surface area contributed by atoms with Gasteiger partial charge in [-0.3, -0.25) is 14.4 Å². The number of hydrogen-bond acceptors (Lipinski definition) is 6. The first-order valence-electron chi connectivity index (χ1n) is 10.4. The number of nitrogens with zero attached hydrogens (tertiary/aromatic N) is 1. The Morgan fingerprint density at radius 1 is 1.17 bits per heavy atom. The van der Waals surface area contributed by atoms with Crippen molar-refractivity contribution in [3.63, 3.8) is 0 Å². The number of carbonyl (C=O) groups is 3. The molecule has 8 nitrogen and oxygen atoms in total. The lowest BCUT2D eigenvalue weighted by molar-refractivity contribution is -0.137. The van der Waals surface area contributed by atoms with Gasteiger partial charge < -0.3 is 20.1 Å². The first-order valence-corrected chi connectivity index (χ1v) is 10.4. The van der Waals surface area contributed by atoms with E-state index in [1.165, 1.54) is 19.4 Å². The molecule has 30 heavy (non-hydrogen) atoms. The zero-order chi connectivity index (χ0) is 22.5. The van der Waals surface area contributed by atoms with Crippen molar-refractivity contribution in [2.24, 2.45) is 11.3 Å². The number of nitrogens with one attached hydrogen (secondary N) is 2. The van der Waals surface area contributed by atoms with Gasteiger partial charge in [-0.25, -0.2) is 4.98 Å². The Morgan fingerprint density at radius 3 is 2.37 bits per heavy atom. The monoisotopic (exact) mass is 419 g/mol. The number of amides is 2. The second-order valence-electron chi connectivity index (χ2n) is 8.91. The van der Waals surface area contributed by atoms with Crippen molar-refractivity contribution in [3.8, 4) is 11.5 Å². The maximum Gasteiger partial charge on any atom is 0.313 e. The van der Waals surface area contributed by atoms with Crippen molar-refractivity contribution in [1.82, 2.24) is 15.6 Å². The molecule has 1 saturated carbocycles. The van der Waals surface area contributed by atoms with E-state index in [0.717, 1.165) is 25.7 Å². The summed E-state index contributed by atoms with van der Waals surface area (Å²) in [7, 11) is 1.41. The minimum absolute atomic E-state index is 0.0571. The summed E-state index contributed by atoms with van der Waals surface area (Å²) >= 11 is 0. The van der Waals surface area contributed by atoms with Gasteiger partial charge in [0.15, 0.2) is 11.4 Å². The van der Waals surface area contributed by atoms with Crippen LogP contribution < -0.4 is 20.1 Å². The molecule has 2 rings (SSSR count). The summed E-state index contributed by atoms with van der Waals surface area (Å²) in [6.07, 6.45) is 5.33. The van der Waals surface area contributed by atoms with Gasteiger partial charge in [-0.15, -0.1) is 0 Å². The maximum absolute atomic E-state index is 12.8. The molecule has 1 fully saturated rings. The average molecular weight is 420 g/mol. The van der Waals surface area contributed by atoms with Crippen molar-refractivity contribution in [1.29, 1.82) is 0 Å². The van der Waals surface area contributed by atoms with E-state index in [-0.39, 0.29) is 29.1 Å². The molecule has 2 amide bonds. The van der Waals surface area contributed by atoms with Crippen molar-refractivity contribution < 1.29 is 23.9 Å². The standard InChI is InChI=1S/C22H33N3O5/c1-13(2)21(28)30-18-16(29-6)9-12-23-17(18)20(27)24-14(3)19(26)25-15-7-10-22(4,5)11-8-15/h9,12-15H,7-8,10-11H2,1-6H3,(H,24,27)(H,25,26)/t14-/m0/s1. The van der Waals surface area contributed by atoms with Crippen LogP contribution in [-0.2, 0) is 9.59 Å². The number of methoxy groups -OCH3 is 1. The van der Waals surface area contributed by atoms with Crippen LogP contribution in [0.2, 0.25) is 0 Å². The lowest BCUT2D eigenvalue weighted by Gasteiger charge is -2.35. The molecule has 8 heteroatoms. The predicted molar refractivity (Wildman–Crippen MR) is 112 cm³/mol. The molecular weight excluding hydrogens is 386 g/mol. The van der Waals surface area contributed by atoms with Crippen LogP contribution >= 0.6 is 0 Å². The Kier molecular flexibility index (Phi) is 7.81. The van der Waals surface area contributed by atoms with Crippen LogP contribution in [0.15, 0.2) is 12.3 Å². The summed E-state index contributed by atoms with van der Waals surface area (Å²) in [6.45, 7) is 9.45. The zero-order valence-electron chi connectivity index (χ0n) is 18.7. The Bertz CT molecular complexity index is 781. The topological polar surface area (TPSA) is 107 Å². The summed E-state index contributed by atoms with van der Waals surface area (Å²) in [4.78, 5) is 41.4. The number of rotatable bonds is 7. The number of ether oxygens (including phenoxy) is 2. The summed E-state index contributed by atoms with van der Waals surface area (Å²) in [5.41, 5.74) is 0.200. The Morgan fingerprint density at radius 2 is 1.80 bits per heavy atom. The van der Waals surface area contributed by atoms with Crippen molar-refractivity contribution in [3.05, 3.63) is 18.0 Å². The lowest BCUT2D eigenvalue weighted by atomic mass is 9.75. The zero-order valence-corrected chi connectivity index (χ0v) is 18.7. The van der Waals surface area contributed by atoms with Crippen LogP contribution in [0.3, 0.4) is 0 Å². The fourth-order valence-corrected chi connectivity index (χ4v) is 3.27. The van der Waals surface area contributed by atoms with Gasteiger partial charge in [0, 0.05) is 18.3 Å². The molecular formula is C22H33N3O5. The quantitative estimate of drug-likeness (QED) is 0.658. The van der Waals surface area contributed by atoms with E-state index in [0.29, 0.717) is 5.41 Å². The molecule has 1 aliphatic rings. The SMILES string of the molecule is COc1ccnc(C(=O)N[C@@H](C)C(=O)NC2CCC(C)(C)CC2)c1OC(=O)C(C)C. The molecule has 0 saturated heterocycles. The van der Waals surface area contributed by atoms with Gasteiger partial charge in [-0.2, -0.15) is 0 Å². The number of pyridine rings is 1. The van der Waals surface area contributed by atoms with Crippen molar-refractivity contribution >= 4 is 17.8 Å². The molecule has 0 radical (unpaired) electrons. The molecule has 0 aromatic carbocycles. The van der Waals surface area contributed by atoms with Gasteiger partial charge in [0.25, 0.3) is 5.91 Å². The summed E-state index contributed by atoms with van der Waals surface area (Å²) in [5.74, 6) is -1.62. The average Bonchev–Trinajstić information content (AvgIpc) is 2.69. The second kappa shape index (κ2) is 9.91. The number of esters is 1. The van der Waals surface area contributed by atoms with E-state index in [1.807, 2.05) is 0 Å². The molecule has 0 bridgehead atoms. The lowest BCUT2D eigenvalue weighted by Crippen LogP contribution is -2.49. The van der Waals surface area contributed by atoms with E-state index < -0.39 is 23.8 Å². The highest BCUT2D eigenvalue weighted by Crippen LogP contribution is 2.35. The van der Waals surface area contributed by atoms with Crippen LogP contribution in [0.25, 0.3) is 0 Å². The van der Waals surface area contributed by atoms with Crippen LogP contribution in [0.5, 0.6) is 11.5 Å². The van der Waals surface area contributed by atoms with Crippen LogP contribution in [0.4, 0.5) is 0 Å². The van der Waals surface area contributed by atoms with Crippen LogP contribution in [0.1, 0.15) is 70.8 Å². The minimum Gasteiger partial charge on any atom is -0.493 e. The normalized spacial score (nSPS) is 17.2. The molecule has 0 aliphatic heterocycles. The first kappa shape index (κ1) is 23.6. The fraction of sp³-hybridized carbons (Fsp3) is 0.636. The molecule has 166 valence electrons. The van der Waals surface area contributed by atoms with E-state index in [2.05, 4.69) is 29.5 Å². The number of carbonyl (C=O) groups excluding carboxylic acids is 3. The highest BCUT2D eigenvalue weighted by Gasteiger charge is 2.29. The van der Waals surface area contributed by atoms with E-state index in [9.17, 15) is 14.4 Å². The smallest absolute Gasteiger partial charge is 0.313 e. The Labute approximate surface area is 178 Å². The predicted octanol–water partition coefficient (Wildman–Crippen LogP) is 2.85. The van der Waals surface area contributed by atoms with Gasteiger partial charge in [0.2, 0.25) is 11.7 Å². The van der Waals surface area contributed by atoms with E-state index >= 15 is 0 Å². The van der Waals surface area contributed by atoms with Crippen molar-refractivity contribution in [2.45, 2.75) is 72.4 Å². The highest BCUT2D eigenvalue weighted by molar-refractivity contribution is 5.99. The summed E-state index contributed by atoms with van der Waals surface area (Å²) < 4.78 is 10.6. The van der Waals surface area contributed by atoms with Gasteiger partial charge in [0.1, 0.15) is 6.04 Å². The number of aromatic nitrogens is 1. The van der Waals surface area contributed by atoms with Crippen LogP contribution in [-0.4, -0.2) is 42.0 Å². The van der Waals surface area contributed by atoms with Crippen LogP contribution in [0, 0.1) is 11.3 Å². The Hall–Kier alpha value is -2.64. The highest BCUT2D eigenvalue weighted by atomic mass is 16.6. The van der Waals surface area contributed by atoms with Crippen molar-refractivity contribution in [2.75, 3.05) is 7.11 Å². The largest absolute Gasteiger partial charge is 0.493 e. The number of hydrogen-bond donors (Lipinski definition) is 2. The van der Waals surface area contributed by atoms with Gasteiger partial charge >= 0.3 is 5.97 Å². The van der Waals surface area contributed by atoms with E-state index in [4.69, 9.17) is 9.47 Å². The molecule has 1 aromatic rings. The minimum atomic E-state index is -0.769. The third-order valence-electron chi connectivity index (χ3n) is 5.40. The summed E-state index contributed by atoms with van der Waals surface area (Å²) in [5, 5.41) is 5.65. The maximum atomic E-state index is 12.8. The second-order valence-corrected chi connectivity index (χ2v) is 8.91. The molecule has 1 aromatic heterocycles. The summed E-state index contributed by atoms with van der Waals surface area (Å²) in [6, 6.07) is 0.844. The first-order chi connectivity index (χ1) is 14.0. The molecule has 2 N–H and O–H groups in total. The molecule has 0 unspecified atom stereocenters. The third kappa shape index (κ3) is 6.18.